The second kappa shape index (κ2) is 7.88. The first kappa shape index (κ1) is 17.1. The highest BCUT2D eigenvalue weighted by atomic mass is 16.5. The minimum atomic E-state index is -0.599. The SMILES string of the molecule is CC(c1ccco1)N(C(=O)CNC(=O)OCc1ccccc1)C1CC1. The summed E-state index contributed by atoms with van der Waals surface area (Å²) < 4.78 is 10.5. The monoisotopic (exact) mass is 342 g/mol. The van der Waals surface area contributed by atoms with Crippen LogP contribution in [-0.2, 0) is 16.1 Å². The van der Waals surface area contributed by atoms with Gasteiger partial charge in [-0.25, -0.2) is 4.79 Å². The van der Waals surface area contributed by atoms with Gasteiger partial charge in [0.15, 0.2) is 0 Å². The number of carbonyl (C=O) groups is 2. The van der Waals surface area contributed by atoms with Gasteiger partial charge in [0.2, 0.25) is 5.91 Å². The zero-order valence-corrected chi connectivity index (χ0v) is 14.2. The third-order valence-electron chi connectivity index (χ3n) is 4.20. The quantitative estimate of drug-likeness (QED) is 0.838. The fourth-order valence-corrected chi connectivity index (χ4v) is 2.77. The lowest BCUT2D eigenvalue weighted by Gasteiger charge is -2.28. The first-order chi connectivity index (χ1) is 12.1. The van der Waals surface area contributed by atoms with E-state index in [0.29, 0.717) is 0 Å². The van der Waals surface area contributed by atoms with E-state index in [1.54, 1.807) is 17.2 Å². The molecule has 1 heterocycles. The lowest BCUT2D eigenvalue weighted by atomic mass is 10.2. The number of benzene rings is 1. The normalized spacial score (nSPS) is 14.6. The van der Waals surface area contributed by atoms with Crippen molar-refractivity contribution >= 4 is 12.0 Å². The van der Waals surface area contributed by atoms with E-state index in [-0.39, 0.29) is 31.1 Å². The molecule has 25 heavy (non-hydrogen) atoms. The summed E-state index contributed by atoms with van der Waals surface area (Å²) in [6.07, 6.45) is 2.96. The number of amides is 2. The number of ether oxygens (including phenoxy) is 1. The Bertz CT molecular complexity index is 695. The van der Waals surface area contributed by atoms with Crippen LogP contribution in [-0.4, -0.2) is 29.5 Å². The number of alkyl carbamates (subject to hydrolysis) is 1. The van der Waals surface area contributed by atoms with Crippen molar-refractivity contribution in [2.24, 2.45) is 0 Å². The Kier molecular flexibility index (Phi) is 5.38. The van der Waals surface area contributed by atoms with Crippen LogP contribution in [0.25, 0.3) is 0 Å². The minimum Gasteiger partial charge on any atom is -0.467 e. The van der Waals surface area contributed by atoms with Crippen molar-refractivity contribution in [1.29, 1.82) is 0 Å². The van der Waals surface area contributed by atoms with Gasteiger partial charge in [0.1, 0.15) is 18.9 Å². The van der Waals surface area contributed by atoms with Crippen LogP contribution in [0, 0.1) is 0 Å². The number of furan rings is 1. The van der Waals surface area contributed by atoms with Gasteiger partial charge in [-0.05, 0) is 37.5 Å². The fourth-order valence-electron chi connectivity index (χ4n) is 2.77. The lowest BCUT2D eigenvalue weighted by molar-refractivity contribution is -0.133. The molecule has 1 saturated carbocycles. The molecule has 2 amide bonds. The van der Waals surface area contributed by atoms with Crippen LogP contribution in [0.5, 0.6) is 0 Å². The molecule has 1 aromatic carbocycles. The van der Waals surface area contributed by atoms with E-state index in [2.05, 4.69) is 5.32 Å². The number of hydrogen-bond donors (Lipinski definition) is 1. The summed E-state index contributed by atoms with van der Waals surface area (Å²) in [5, 5.41) is 2.53. The van der Waals surface area contributed by atoms with E-state index < -0.39 is 6.09 Å². The Morgan fingerprint density at radius 1 is 1.24 bits per heavy atom. The molecular weight excluding hydrogens is 320 g/mol. The first-order valence-electron chi connectivity index (χ1n) is 8.44. The van der Waals surface area contributed by atoms with Crippen molar-refractivity contribution in [3.05, 3.63) is 60.1 Å². The zero-order chi connectivity index (χ0) is 17.6. The van der Waals surface area contributed by atoms with Crippen LogP contribution in [0.4, 0.5) is 4.79 Å². The van der Waals surface area contributed by atoms with E-state index in [1.165, 1.54) is 0 Å². The molecule has 1 atom stereocenters. The summed E-state index contributed by atoms with van der Waals surface area (Å²) >= 11 is 0. The third-order valence-corrected chi connectivity index (χ3v) is 4.20. The molecular formula is C19H22N2O4. The highest BCUT2D eigenvalue weighted by molar-refractivity contribution is 5.83. The van der Waals surface area contributed by atoms with Crippen LogP contribution in [0.2, 0.25) is 0 Å². The Morgan fingerprint density at radius 3 is 2.64 bits per heavy atom. The molecule has 0 bridgehead atoms. The van der Waals surface area contributed by atoms with Crippen molar-refractivity contribution in [3.63, 3.8) is 0 Å². The molecule has 2 aromatic rings. The molecule has 1 aromatic heterocycles. The van der Waals surface area contributed by atoms with Gasteiger partial charge >= 0.3 is 6.09 Å². The standard InChI is InChI=1S/C19H22N2O4/c1-14(17-8-5-11-24-17)21(16-9-10-16)18(22)12-20-19(23)25-13-15-6-3-2-4-7-15/h2-8,11,14,16H,9-10,12-13H2,1H3,(H,20,23). The predicted molar refractivity (Wildman–Crippen MR) is 91.6 cm³/mol. The molecule has 1 N–H and O–H groups in total. The summed E-state index contributed by atoms with van der Waals surface area (Å²) in [6.45, 7) is 2.02. The van der Waals surface area contributed by atoms with Crippen LogP contribution in [0.3, 0.4) is 0 Å². The van der Waals surface area contributed by atoms with E-state index in [9.17, 15) is 9.59 Å². The first-order valence-corrected chi connectivity index (χ1v) is 8.44. The van der Waals surface area contributed by atoms with E-state index >= 15 is 0 Å². The number of hydrogen-bond acceptors (Lipinski definition) is 4. The highest BCUT2D eigenvalue weighted by Crippen LogP contribution is 2.34. The number of nitrogens with zero attached hydrogens (tertiary/aromatic N) is 1. The molecule has 6 heteroatoms. The summed E-state index contributed by atoms with van der Waals surface area (Å²) in [5.41, 5.74) is 0.898. The average molecular weight is 342 g/mol. The summed E-state index contributed by atoms with van der Waals surface area (Å²) in [6, 6.07) is 13.1. The van der Waals surface area contributed by atoms with Crippen molar-refractivity contribution in [1.82, 2.24) is 10.2 Å². The summed E-state index contributed by atoms with van der Waals surface area (Å²) in [5.74, 6) is 0.606. The summed E-state index contributed by atoms with van der Waals surface area (Å²) in [4.78, 5) is 26.1. The Morgan fingerprint density at radius 2 is 2.00 bits per heavy atom. The maximum absolute atomic E-state index is 12.6. The average Bonchev–Trinajstić information content (AvgIpc) is 3.30. The minimum absolute atomic E-state index is 0.0881. The Balaban J connectivity index is 1.49. The van der Waals surface area contributed by atoms with Gasteiger partial charge in [-0.2, -0.15) is 0 Å². The van der Waals surface area contributed by atoms with Gasteiger partial charge in [-0.1, -0.05) is 30.3 Å². The van der Waals surface area contributed by atoms with E-state index in [4.69, 9.17) is 9.15 Å². The van der Waals surface area contributed by atoms with Crippen molar-refractivity contribution in [2.45, 2.75) is 38.5 Å². The molecule has 0 aliphatic heterocycles. The molecule has 6 nitrogen and oxygen atoms in total. The molecule has 0 spiro atoms. The maximum atomic E-state index is 12.6. The maximum Gasteiger partial charge on any atom is 0.407 e. The van der Waals surface area contributed by atoms with Gasteiger partial charge in [-0.15, -0.1) is 0 Å². The van der Waals surface area contributed by atoms with Gasteiger partial charge < -0.3 is 19.4 Å². The van der Waals surface area contributed by atoms with Gasteiger partial charge in [0, 0.05) is 6.04 Å². The Labute approximate surface area is 146 Å². The largest absolute Gasteiger partial charge is 0.467 e. The topological polar surface area (TPSA) is 71.8 Å². The molecule has 132 valence electrons. The third kappa shape index (κ3) is 4.62. The molecule has 1 unspecified atom stereocenters. The predicted octanol–water partition coefficient (Wildman–Crippen LogP) is 3.26. The molecule has 3 rings (SSSR count). The van der Waals surface area contributed by atoms with Gasteiger partial charge in [-0.3, -0.25) is 4.79 Å². The van der Waals surface area contributed by atoms with Gasteiger partial charge in [0.05, 0.1) is 12.3 Å². The van der Waals surface area contributed by atoms with Crippen LogP contribution in [0.1, 0.15) is 37.1 Å². The van der Waals surface area contributed by atoms with Crippen LogP contribution >= 0.6 is 0 Å². The lowest BCUT2D eigenvalue weighted by Crippen LogP contribution is -2.42. The summed E-state index contributed by atoms with van der Waals surface area (Å²) in [7, 11) is 0. The Hall–Kier alpha value is -2.76. The molecule has 1 aliphatic carbocycles. The van der Waals surface area contributed by atoms with E-state index in [1.807, 2.05) is 43.3 Å². The smallest absolute Gasteiger partial charge is 0.407 e. The molecule has 0 radical (unpaired) electrons. The molecule has 0 saturated heterocycles. The van der Waals surface area contributed by atoms with E-state index in [0.717, 1.165) is 24.2 Å². The zero-order valence-electron chi connectivity index (χ0n) is 14.2. The number of carbonyl (C=O) groups excluding carboxylic acids is 2. The second-order valence-corrected chi connectivity index (χ2v) is 6.14. The fraction of sp³-hybridized carbons (Fsp3) is 0.368. The van der Waals surface area contributed by atoms with Crippen molar-refractivity contribution in [2.75, 3.05) is 6.54 Å². The molecule has 1 fully saturated rings. The highest BCUT2D eigenvalue weighted by Gasteiger charge is 2.37. The molecule has 1 aliphatic rings. The second-order valence-electron chi connectivity index (χ2n) is 6.14. The van der Waals surface area contributed by atoms with Crippen LogP contribution < -0.4 is 5.32 Å². The van der Waals surface area contributed by atoms with Gasteiger partial charge in [0.25, 0.3) is 0 Å². The number of nitrogens with one attached hydrogen (secondary N) is 1. The van der Waals surface area contributed by atoms with Crippen LogP contribution in [0.15, 0.2) is 53.1 Å². The van der Waals surface area contributed by atoms with Crippen molar-refractivity contribution < 1.29 is 18.7 Å². The van der Waals surface area contributed by atoms with Crippen molar-refractivity contribution in [3.8, 4) is 0 Å². The number of rotatable bonds is 7.